The average Bonchev–Trinajstić information content (AvgIpc) is 2.53. The maximum atomic E-state index is 10.00. The van der Waals surface area contributed by atoms with E-state index in [9.17, 15) is 5.11 Å². The molecule has 1 atom stereocenters. The van der Waals surface area contributed by atoms with Crippen LogP contribution in [0.3, 0.4) is 0 Å². The molecule has 0 radical (unpaired) electrons. The number of ether oxygens (including phenoxy) is 1. The van der Waals surface area contributed by atoms with Crippen LogP contribution >= 0.6 is 15.9 Å². The third-order valence-electron chi connectivity index (χ3n) is 4.32. The molecule has 2 N–H and O–H groups in total. The minimum atomic E-state index is -0.461. The lowest BCUT2D eigenvalue weighted by molar-refractivity contribution is 0.101. The van der Waals surface area contributed by atoms with Crippen LogP contribution < -0.4 is 10.1 Å². The van der Waals surface area contributed by atoms with Crippen molar-refractivity contribution in [3.63, 3.8) is 0 Å². The summed E-state index contributed by atoms with van der Waals surface area (Å²) in [6.07, 6.45) is 5.95. The molecule has 0 spiro atoms. The third kappa shape index (κ3) is 5.97. The molecular formula is C17H26BrNO2. The molecule has 1 aliphatic carbocycles. The van der Waals surface area contributed by atoms with Gasteiger partial charge in [0.1, 0.15) is 18.5 Å². The summed E-state index contributed by atoms with van der Waals surface area (Å²) in [5.74, 6) is 1.70. The largest absolute Gasteiger partial charge is 0.491 e. The van der Waals surface area contributed by atoms with Crippen molar-refractivity contribution in [3.05, 3.63) is 28.7 Å². The molecule has 4 heteroatoms. The number of benzene rings is 1. The number of aliphatic hydroxyl groups is 1. The lowest BCUT2D eigenvalue weighted by Gasteiger charge is -2.29. The van der Waals surface area contributed by atoms with Gasteiger partial charge in [0, 0.05) is 17.1 Å². The molecule has 0 aliphatic heterocycles. The molecule has 0 amide bonds. The van der Waals surface area contributed by atoms with Gasteiger partial charge in [0.25, 0.3) is 0 Å². The molecular weight excluding hydrogens is 330 g/mol. The van der Waals surface area contributed by atoms with Crippen LogP contribution in [0.15, 0.2) is 28.7 Å². The molecule has 3 nitrogen and oxygen atoms in total. The van der Waals surface area contributed by atoms with Crippen molar-refractivity contribution >= 4 is 15.9 Å². The van der Waals surface area contributed by atoms with E-state index in [2.05, 4.69) is 28.2 Å². The van der Waals surface area contributed by atoms with Gasteiger partial charge in [-0.3, -0.25) is 0 Å². The summed E-state index contributed by atoms with van der Waals surface area (Å²) in [5.41, 5.74) is 0. The quantitative estimate of drug-likeness (QED) is 0.782. The van der Waals surface area contributed by atoms with Gasteiger partial charge in [0.2, 0.25) is 0 Å². The van der Waals surface area contributed by atoms with Crippen molar-refractivity contribution in [1.29, 1.82) is 0 Å². The first-order valence-corrected chi connectivity index (χ1v) is 8.76. The van der Waals surface area contributed by atoms with Gasteiger partial charge in [-0.2, -0.15) is 0 Å². The van der Waals surface area contributed by atoms with Crippen LogP contribution in [-0.2, 0) is 0 Å². The fraction of sp³-hybridized carbons (Fsp3) is 0.647. The summed E-state index contributed by atoms with van der Waals surface area (Å²) in [6.45, 7) is 3.22. The van der Waals surface area contributed by atoms with Crippen molar-refractivity contribution in [2.45, 2.75) is 51.2 Å². The Morgan fingerprint density at radius 3 is 2.52 bits per heavy atom. The van der Waals surface area contributed by atoms with Gasteiger partial charge in [-0.05, 0) is 55.9 Å². The third-order valence-corrected chi connectivity index (χ3v) is 4.85. The number of nitrogens with one attached hydrogen (secondary N) is 1. The van der Waals surface area contributed by atoms with E-state index in [0.29, 0.717) is 19.2 Å². The van der Waals surface area contributed by atoms with E-state index in [1.807, 2.05) is 24.3 Å². The fourth-order valence-corrected chi connectivity index (χ4v) is 3.12. The van der Waals surface area contributed by atoms with Crippen LogP contribution in [0.1, 0.15) is 39.0 Å². The van der Waals surface area contributed by atoms with E-state index in [-0.39, 0.29) is 0 Å². The van der Waals surface area contributed by atoms with Gasteiger partial charge in [0.15, 0.2) is 0 Å². The van der Waals surface area contributed by atoms with Gasteiger partial charge >= 0.3 is 0 Å². The lowest BCUT2D eigenvalue weighted by atomic mass is 9.84. The molecule has 0 aromatic heterocycles. The maximum Gasteiger partial charge on any atom is 0.119 e. The van der Waals surface area contributed by atoms with Crippen molar-refractivity contribution in [1.82, 2.24) is 5.32 Å². The molecule has 1 unspecified atom stereocenters. The monoisotopic (exact) mass is 355 g/mol. The highest BCUT2D eigenvalue weighted by molar-refractivity contribution is 9.10. The van der Waals surface area contributed by atoms with Gasteiger partial charge in [0.05, 0.1) is 0 Å². The fourth-order valence-electron chi connectivity index (χ4n) is 2.86. The molecule has 1 saturated carbocycles. The Balaban J connectivity index is 1.61. The van der Waals surface area contributed by atoms with Crippen molar-refractivity contribution in [2.24, 2.45) is 5.92 Å². The van der Waals surface area contributed by atoms with Gasteiger partial charge in [-0.1, -0.05) is 29.3 Å². The number of aliphatic hydroxyl groups excluding tert-OH is 1. The minimum Gasteiger partial charge on any atom is -0.491 e. The molecule has 1 aromatic carbocycles. The zero-order chi connectivity index (χ0) is 15.1. The molecule has 21 heavy (non-hydrogen) atoms. The molecule has 0 bridgehead atoms. The van der Waals surface area contributed by atoms with Crippen LogP contribution in [0.2, 0.25) is 0 Å². The average molecular weight is 356 g/mol. The summed E-state index contributed by atoms with van der Waals surface area (Å²) < 4.78 is 6.61. The highest BCUT2D eigenvalue weighted by atomic mass is 79.9. The summed E-state index contributed by atoms with van der Waals surface area (Å²) in [6, 6.07) is 8.24. The zero-order valence-corrected chi connectivity index (χ0v) is 14.3. The number of halogens is 1. The van der Waals surface area contributed by atoms with Crippen LogP contribution in [0, 0.1) is 5.92 Å². The van der Waals surface area contributed by atoms with E-state index >= 15 is 0 Å². The van der Waals surface area contributed by atoms with Crippen LogP contribution in [0.25, 0.3) is 0 Å². The van der Waals surface area contributed by atoms with E-state index < -0.39 is 6.10 Å². The number of rotatable bonds is 7. The molecule has 1 aliphatic rings. The number of hydrogen-bond acceptors (Lipinski definition) is 3. The van der Waals surface area contributed by atoms with Crippen molar-refractivity contribution < 1.29 is 9.84 Å². The Morgan fingerprint density at radius 1 is 1.24 bits per heavy atom. The molecule has 118 valence electrons. The second kappa shape index (κ2) is 8.76. The molecule has 0 saturated heterocycles. The molecule has 0 heterocycles. The van der Waals surface area contributed by atoms with Crippen molar-refractivity contribution in [3.8, 4) is 5.75 Å². The summed E-state index contributed by atoms with van der Waals surface area (Å²) in [5, 5.41) is 13.5. The van der Waals surface area contributed by atoms with Gasteiger partial charge < -0.3 is 15.2 Å². The molecule has 1 aromatic rings. The summed E-state index contributed by atoms with van der Waals surface area (Å²) in [4.78, 5) is 0. The van der Waals surface area contributed by atoms with Crippen LogP contribution in [-0.4, -0.2) is 30.4 Å². The van der Waals surface area contributed by atoms with Gasteiger partial charge in [-0.25, -0.2) is 0 Å². The zero-order valence-electron chi connectivity index (χ0n) is 12.7. The van der Waals surface area contributed by atoms with E-state index in [1.54, 1.807) is 0 Å². The topological polar surface area (TPSA) is 41.5 Å². The normalized spacial score (nSPS) is 23.8. The summed E-state index contributed by atoms with van der Waals surface area (Å²) >= 11 is 3.39. The Kier molecular flexibility index (Phi) is 7.00. The minimum absolute atomic E-state index is 0.332. The Bertz CT molecular complexity index is 402. The highest BCUT2D eigenvalue weighted by Crippen LogP contribution is 2.26. The summed E-state index contributed by atoms with van der Waals surface area (Å²) in [7, 11) is 0. The lowest BCUT2D eigenvalue weighted by Crippen LogP contribution is -2.39. The number of hydrogen-bond donors (Lipinski definition) is 2. The molecule has 2 rings (SSSR count). The first-order chi connectivity index (χ1) is 10.2. The standard InChI is InChI=1S/C17H26BrNO2/c1-2-13-3-7-15(8-4-13)19-11-16(20)12-21-17-9-5-14(18)6-10-17/h5-6,9-10,13,15-16,19-20H,2-4,7-8,11-12H2,1H3. The second-order valence-corrected chi connectivity index (χ2v) is 6.87. The van der Waals surface area contributed by atoms with E-state index in [0.717, 1.165) is 16.1 Å². The van der Waals surface area contributed by atoms with Crippen molar-refractivity contribution in [2.75, 3.05) is 13.2 Å². The maximum absolute atomic E-state index is 10.00. The second-order valence-electron chi connectivity index (χ2n) is 5.95. The highest BCUT2D eigenvalue weighted by Gasteiger charge is 2.20. The predicted molar refractivity (Wildman–Crippen MR) is 89.7 cm³/mol. The Morgan fingerprint density at radius 2 is 1.90 bits per heavy atom. The Hall–Kier alpha value is -0.580. The van der Waals surface area contributed by atoms with E-state index in [4.69, 9.17) is 4.74 Å². The smallest absolute Gasteiger partial charge is 0.119 e. The van der Waals surface area contributed by atoms with Crippen LogP contribution in [0.4, 0.5) is 0 Å². The SMILES string of the molecule is CCC1CCC(NCC(O)COc2ccc(Br)cc2)CC1. The first kappa shape index (κ1) is 16.8. The Labute approximate surface area is 136 Å². The van der Waals surface area contributed by atoms with E-state index in [1.165, 1.54) is 32.1 Å². The van der Waals surface area contributed by atoms with Crippen LogP contribution in [0.5, 0.6) is 5.75 Å². The molecule has 1 fully saturated rings. The predicted octanol–water partition coefficient (Wildman–Crippen LogP) is 3.75. The first-order valence-electron chi connectivity index (χ1n) is 7.97. The van der Waals surface area contributed by atoms with Gasteiger partial charge in [-0.15, -0.1) is 0 Å².